The average Bonchev–Trinajstić information content (AvgIpc) is 3.21. The Bertz CT molecular complexity index is 782. The van der Waals surface area contributed by atoms with Gasteiger partial charge in [-0.1, -0.05) is 20.3 Å². The highest BCUT2D eigenvalue weighted by Crippen LogP contribution is 2.09. The number of nitrogens with one attached hydrogen (secondary N) is 4. The minimum Gasteiger partial charge on any atom is -0.481 e. The van der Waals surface area contributed by atoms with Gasteiger partial charge in [-0.25, -0.2) is 9.78 Å². The number of hydrogen-bond donors (Lipinski definition) is 7. The molecule has 0 aromatic carbocycles. The first-order valence-electron chi connectivity index (χ1n) is 9.60. The molecule has 0 bridgehead atoms. The van der Waals surface area contributed by atoms with Crippen molar-refractivity contribution in [1.82, 2.24) is 25.9 Å². The fourth-order valence-corrected chi connectivity index (χ4v) is 2.58. The maximum absolute atomic E-state index is 12.7. The lowest BCUT2D eigenvalue weighted by Crippen LogP contribution is -2.56. The number of carbonyl (C=O) groups is 5. The van der Waals surface area contributed by atoms with Crippen LogP contribution in [0.15, 0.2) is 12.5 Å². The zero-order chi connectivity index (χ0) is 23.6. The van der Waals surface area contributed by atoms with Gasteiger partial charge in [0.05, 0.1) is 25.3 Å². The highest BCUT2D eigenvalue weighted by Gasteiger charge is 2.30. The highest BCUT2D eigenvalue weighted by atomic mass is 16.4. The smallest absolute Gasteiger partial charge is 0.326 e. The van der Waals surface area contributed by atoms with Crippen molar-refractivity contribution in [3.63, 3.8) is 0 Å². The van der Waals surface area contributed by atoms with E-state index in [9.17, 15) is 29.1 Å². The topological polar surface area (TPSA) is 217 Å². The number of carbonyl (C=O) groups excluding carboxylic acids is 3. The summed E-state index contributed by atoms with van der Waals surface area (Å²) in [5.74, 6) is -5.08. The fourth-order valence-electron chi connectivity index (χ4n) is 2.58. The molecule has 0 saturated carbocycles. The Hall–Kier alpha value is -3.48. The number of hydrogen-bond acceptors (Lipinski definition) is 7. The molecule has 1 heterocycles. The van der Waals surface area contributed by atoms with Crippen molar-refractivity contribution in [3.05, 3.63) is 18.2 Å². The lowest BCUT2D eigenvalue weighted by Gasteiger charge is -2.25. The third kappa shape index (κ3) is 8.82. The minimum atomic E-state index is -1.32. The van der Waals surface area contributed by atoms with Crippen molar-refractivity contribution in [2.75, 3.05) is 6.54 Å². The second-order valence-corrected chi connectivity index (χ2v) is 7.03. The van der Waals surface area contributed by atoms with Crippen LogP contribution in [0.2, 0.25) is 0 Å². The molecule has 1 aromatic rings. The van der Waals surface area contributed by atoms with E-state index in [1.165, 1.54) is 12.5 Å². The van der Waals surface area contributed by atoms with Gasteiger partial charge in [0.1, 0.15) is 12.1 Å². The van der Waals surface area contributed by atoms with Crippen LogP contribution >= 0.6 is 0 Å². The van der Waals surface area contributed by atoms with Crippen LogP contribution in [0.25, 0.3) is 0 Å². The number of H-pyrrole nitrogens is 1. The van der Waals surface area contributed by atoms with Gasteiger partial charge in [0.15, 0.2) is 0 Å². The van der Waals surface area contributed by atoms with Crippen LogP contribution in [-0.4, -0.2) is 74.5 Å². The van der Waals surface area contributed by atoms with Crippen LogP contribution in [0.1, 0.15) is 32.4 Å². The summed E-state index contributed by atoms with van der Waals surface area (Å²) in [7, 11) is 0. The summed E-state index contributed by atoms with van der Waals surface area (Å²) in [5, 5.41) is 25.1. The third-order valence-corrected chi connectivity index (χ3v) is 4.56. The summed E-state index contributed by atoms with van der Waals surface area (Å²) in [6, 6.07) is -3.62. The van der Waals surface area contributed by atoms with Crippen LogP contribution < -0.4 is 21.7 Å². The van der Waals surface area contributed by atoms with E-state index in [0.29, 0.717) is 12.1 Å². The van der Waals surface area contributed by atoms with E-state index < -0.39 is 60.8 Å². The largest absolute Gasteiger partial charge is 0.481 e. The lowest BCUT2D eigenvalue weighted by molar-refractivity contribution is -0.142. The highest BCUT2D eigenvalue weighted by molar-refractivity contribution is 5.93. The quantitative estimate of drug-likeness (QED) is 0.180. The Kier molecular flexibility index (Phi) is 10.1. The molecule has 3 amide bonds. The molecule has 172 valence electrons. The van der Waals surface area contributed by atoms with Gasteiger partial charge in [-0.05, 0) is 5.92 Å². The van der Waals surface area contributed by atoms with Gasteiger partial charge >= 0.3 is 11.9 Å². The second-order valence-electron chi connectivity index (χ2n) is 7.03. The molecule has 8 N–H and O–H groups in total. The first-order valence-corrected chi connectivity index (χ1v) is 9.60. The number of imidazole rings is 1. The number of aromatic amines is 1. The summed E-state index contributed by atoms with van der Waals surface area (Å²) in [4.78, 5) is 65.3. The Morgan fingerprint density at radius 1 is 1.16 bits per heavy atom. The molecule has 1 aromatic heterocycles. The number of amides is 3. The normalized spacial score (nSPS) is 14.5. The zero-order valence-corrected chi connectivity index (χ0v) is 17.3. The van der Waals surface area contributed by atoms with Crippen molar-refractivity contribution in [3.8, 4) is 0 Å². The Morgan fingerprint density at radius 3 is 2.35 bits per heavy atom. The number of nitrogens with zero attached hydrogens (tertiary/aromatic N) is 1. The van der Waals surface area contributed by atoms with E-state index in [-0.39, 0.29) is 12.3 Å². The fraction of sp³-hybridized carbons (Fsp3) is 0.556. The second kappa shape index (κ2) is 12.3. The van der Waals surface area contributed by atoms with E-state index in [1.807, 2.05) is 0 Å². The Labute approximate surface area is 178 Å². The predicted molar refractivity (Wildman–Crippen MR) is 106 cm³/mol. The van der Waals surface area contributed by atoms with Crippen LogP contribution in [0.4, 0.5) is 0 Å². The zero-order valence-electron chi connectivity index (χ0n) is 17.3. The molecule has 4 atom stereocenters. The molecule has 13 nitrogen and oxygen atoms in total. The maximum atomic E-state index is 12.7. The molecular weight excluding hydrogens is 412 g/mol. The molecule has 31 heavy (non-hydrogen) atoms. The summed E-state index contributed by atoms with van der Waals surface area (Å²) >= 11 is 0. The van der Waals surface area contributed by atoms with E-state index in [4.69, 9.17) is 10.8 Å². The van der Waals surface area contributed by atoms with Gasteiger partial charge in [-0.3, -0.25) is 19.2 Å². The molecule has 0 spiro atoms. The Balaban J connectivity index is 2.72. The molecule has 1 rings (SSSR count). The van der Waals surface area contributed by atoms with E-state index in [1.54, 1.807) is 13.8 Å². The number of carboxylic acid groups (broad SMARTS) is 2. The van der Waals surface area contributed by atoms with Crippen molar-refractivity contribution >= 4 is 29.7 Å². The van der Waals surface area contributed by atoms with Gasteiger partial charge in [0, 0.05) is 18.3 Å². The first kappa shape index (κ1) is 25.6. The molecule has 0 aliphatic rings. The third-order valence-electron chi connectivity index (χ3n) is 4.56. The SMILES string of the molecule is CCC(C)C(NC(=O)CNC(=O)C(N)CC(=O)O)C(=O)NC(Cc1cnc[nH]1)C(=O)O. The maximum Gasteiger partial charge on any atom is 0.326 e. The molecular formula is C18H28N6O7. The van der Waals surface area contributed by atoms with Crippen LogP contribution in [0.3, 0.4) is 0 Å². The first-order chi connectivity index (χ1) is 14.5. The number of aliphatic carboxylic acids is 2. The summed E-state index contributed by atoms with van der Waals surface area (Å²) in [6.07, 6.45) is 2.70. The number of carboxylic acids is 2. The monoisotopic (exact) mass is 440 g/mol. The van der Waals surface area contributed by atoms with E-state index >= 15 is 0 Å². The van der Waals surface area contributed by atoms with E-state index in [2.05, 4.69) is 25.9 Å². The molecule has 13 heteroatoms. The molecule has 0 aliphatic carbocycles. The van der Waals surface area contributed by atoms with Crippen LogP contribution in [0, 0.1) is 5.92 Å². The van der Waals surface area contributed by atoms with Gasteiger partial charge < -0.3 is 36.9 Å². The van der Waals surface area contributed by atoms with Crippen molar-refractivity contribution in [1.29, 1.82) is 0 Å². The van der Waals surface area contributed by atoms with Gasteiger partial charge in [-0.2, -0.15) is 0 Å². The molecule has 0 radical (unpaired) electrons. The molecule has 0 saturated heterocycles. The van der Waals surface area contributed by atoms with Gasteiger partial charge in [0.2, 0.25) is 17.7 Å². The summed E-state index contributed by atoms with van der Waals surface area (Å²) in [5.41, 5.74) is 5.92. The number of aromatic nitrogens is 2. The average molecular weight is 440 g/mol. The number of rotatable bonds is 13. The lowest BCUT2D eigenvalue weighted by atomic mass is 9.97. The van der Waals surface area contributed by atoms with Crippen molar-refractivity contribution in [2.24, 2.45) is 11.7 Å². The molecule has 4 unspecified atom stereocenters. The number of nitrogens with two attached hydrogens (primary N) is 1. The van der Waals surface area contributed by atoms with Crippen LogP contribution in [-0.2, 0) is 30.4 Å². The molecule has 0 fully saturated rings. The van der Waals surface area contributed by atoms with Crippen LogP contribution in [0.5, 0.6) is 0 Å². The van der Waals surface area contributed by atoms with Gasteiger partial charge in [0.25, 0.3) is 0 Å². The van der Waals surface area contributed by atoms with E-state index in [0.717, 1.165) is 0 Å². The summed E-state index contributed by atoms with van der Waals surface area (Å²) in [6.45, 7) is 2.97. The molecule has 0 aliphatic heterocycles. The van der Waals surface area contributed by atoms with Gasteiger partial charge in [-0.15, -0.1) is 0 Å². The minimum absolute atomic E-state index is 0.0280. The van der Waals surface area contributed by atoms with Crippen molar-refractivity contribution < 1.29 is 34.2 Å². The Morgan fingerprint density at radius 2 is 1.84 bits per heavy atom. The summed E-state index contributed by atoms with van der Waals surface area (Å²) < 4.78 is 0. The standard InChI is InChI=1S/C18H28N6O7/c1-3-9(2)15(24-13(25)7-21-16(28)11(19)5-14(26)27)17(29)23-12(18(30)31)4-10-6-20-8-22-10/h6,8-9,11-12,15H,3-5,7,19H2,1-2H3,(H,20,22)(H,21,28)(H,23,29)(H,24,25)(H,26,27)(H,30,31). The van der Waals surface area contributed by atoms with Crippen molar-refractivity contribution in [2.45, 2.75) is 51.2 Å². The predicted octanol–water partition coefficient (Wildman–Crippen LogP) is -2.03.